The number of alkyl halides is 3. The molecule has 1 saturated carbocycles. The fraction of sp³-hybridized carbons (Fsp3) is 1.00. The first-order chi connectivity index (χ1) is 9.83. The van der Waals surface area contributed by atoms with Gasteiger partial charge >= 0.3 is 6.18 Å². The lowest BCUT2D eigenvalue weighted by molar-refractivity contribution is -0.143. The van der Waals surface area contributed by atoms with Gasteiger partial charge < -0.3 is 5.32 Å². The third-order valence-electron chi connectivity index (χ3n) is 5.13. The van der Waals surface area contributed by atoms with Crippen LogP contribution >= 0.6 is 0 Å². The van der Waals surface area contributed by atoms with E-state index < -0.39 is 12.7 Å². The van der Waals surface area contributed by atoms with E-state index in [-0.39, 0.29) is 0 Å². The molecular formula is C16H29F3N2. The third kappa shape index (κ3) is 5.78. The fourth-order valence-corrected chi connectivity index (χ4v) is 3.83. The summed E-state index contributed by atoms with van der Waals surface area (Å²) in [6.07, 6.45) is 1.91. The van der Waals surface area contributed by atoms with Gasteiger partial charge in [0, 0.05) is 12.6 Å². The normalized spacial score (nSPS) is 32.0. The van der Waals surface area contributed by atoms with Crippen LogP contribution in [-0.4, -0.2) is 43.3 Å². The summed E-state index contributed by atoms with van der Waals surface area (Å²) in [5.74, 6) is 1.93. The number of hydrogen-bond acceptors (Lipinski definition) is 2. The van der Waals surface area contributed by atoms with Gasteiger partial charge in [-0.2, -0.15) is 13.2 Å². The van der Waals surface area contributed by atoms with Crippen LogP contribution in [0, 0.1) is 17.8 Å². The first kappa shape index (κ1) is 17.1. The quantitative estimate of drug-likeness (QED) is 0.833. The van der Waals surface area contributed by atoms with E-state index in [2.05, 4.69) is 19.2 Å². The summed E-state index contributed by atoms with van der Waals surface area (Å²) >= 11 is 0. The van der Waals surface area contributed by atoms with Crippen LogP contribution in [0.5, 0.6) is 0 Å². The molecule has 3 atom stereocenters. The highest BCUT2D eigenvalue weighted by atomic mass is 19.4. The molecule has 0 aromatic rings. The fourth-order valence-electron chi connectivity index (χ4n) is 3.83. The molecule has 5 heteroatoms. The zero-order valence-electron chi connectivity index (χ0n) is 13.3. The number of rotatable bonds is 5. The summed E-state index contributed by atoms with van der Waals surface area (Å²) in [6, 6.07) is 0.572. The Morgan fingerprint density at radius 3 is 2.62 bits per heavy atom. The van der Waals surface area contributed by atoms with E-state index in [0.29, 0.717) is 25.0 Å². The maximum Gasteiger partial charge on any atom is 0.401 e. The Labute approximate surface area is 126 Å². The molecule has 1 N–H and O–H groups in total. The molecule has 0 aromatic heterocycles. The average Bonchev–Trinajstić information content (AvgIpc) is 2.82. The van der Waals surface area contributed by atoms with Crippen molar-refractivity contribution in [3.05, 3.63) is 0 Å². The lowest BCUT2D eigenvalue weighted by Crippen LogP contribution is -2.39. The molecule has 0 radical (unpaired) electrons. The van der Waals surface area contributed by atoms with Crippen LogP contribution in [0.2, 0.25) is 0 Å². The molecule has 2 aliphatic rings. The number of nitrogens with one attached hydrogen (secondary N) is 1. The minimum atomic E-state index is -4.06. The van der Waals surface area contributed by atoms with Crippen LogP contribution < -0.4 is 5.32 Å². The van der Waals surface area contributed by atoms with Crippen molar-refractivity contribution in [3.8, 4) is 0 Å². The molecule has 0 aromatic carbocycles. The van der Waals surface area contributed by atoms with Crippen LogP contribution in [-0.2, 0) is 0 Å². The van der Waals surface area contributed by atoms with Crippen LogP contribution in [0.15, 0.2) is 0 Å². The van der Waals surface area contributed by atoms with Gasteiger partial charge in [-0.15, -0.1) is 0 Å². The topological polar surface area (TPSA) is 15.3 Å². The molecule has 1 aliphatic heterocycles. The first-order valence-electron chi connectivity index (χ1n) is 8.36. The van der Waals surface area contributed by atoms with Gasteiger partial charge in [-0.05, 0) is 50.1 Å². The zero-order valence-corrected chi connectivity index (χ0v) is 13.3. The van der Waals surface area contributed by atoms with E-state index in [0.717, 1.165) is 24.8 Å². The standard InChI is InChI=1S/C16H29F3N2/c1-12(2)14-4-3-5-15(8-14)20-9-13-6-7-21(10-13)11-16(17,18)19/h12-15,20H,3-11H2,1-2H3. The highest BCUT2D eigenvalue weighted by Gasteiger charge is 2.34. The number of hydrogen-bond donors (Lipinski definition) is 1. The SMILES string of the molecule is CC(C)C1CCCC(NCC2CCN(CC(F)(F)F)C2)C1. The Kier molecular flexibility index (Phi) is 5.95. The second kappa shape index (κ2) is 7.32. The second-order valence-corrected chi connectivity index (χ2v) is 7.28. The molecule has 2 nitrogen and oxygen atoms in total. The summed E-state index contributed by atoms with van der Waals surface area (Å²) < 4.78 is 37.1. The molecule has 2 fully saturated rings. The predicted molar refractivity (Wildman–Crippen MR) is 79.2 cm³/mol. The molecule has 1 saturated heterocycles. The van der Waals surface area contributed by atoms with Gasteiger partial charge in [-0.25, -0.2) is 0 Å². The Balaban J connectivity index is 1.67. The molecule has 3 unspecified atom stereocenters. The summed E-state index contributed by atoms with van der Waals surface area (Å²) in [6.45, 7) is 5.89. The molecular weight excluding hydrogens is 277 g/mol. The summed E-state index contributed by atoms with van der Waals surface area (Å²) in [5, 5.41) is 3.62. The first-order valence-corrected chi connectivity index (χ1v) is 8.36. The minimum absolute atomic E-state index is 0.381. The predicted octanol–water partition coefficient (Wildman–Crippen LogP) is 3.68. The van der Waals surface area contributed by atoms with Gasteiger partial charge in [-0.1, -0.05) is 26.7 Å². The zero-order chi connectivity index (χ0) is 15.5. The second-order valence-electron chi connectivity index (χ2n) is 7.28. The van der Waals surface area contributed by atoms with Crippen LogP contribution in [0.25, 0.3) is 0 Å². The van der Waals surface area contributed by atoms with E-state index in [9.17, 15) is 13.2 Å². The van der Waals surface area contributed by atoms with Crippen molar-refractivity contribution in [1.29, 1.82) is 0 Å². The van der Waals surface area contributed by atoms with Crippen molar-refractivity contribution in [2.75, 3.05) is 26.2 Å². The minimum Gasteiger partial charge on any atom is -0.314 e. The lowest BCUT2D eigenvalue weighted by Gasteiger charge is -2.32. The number of halogens is 3. The maximum atomic E-state index is 12.4. The Hall–Kier alpha value is -0.290. The molecule has 124 valence electrons. The maximum absolute atomic E-state index is 12.4. The van der Waals surface area contributed by atoms with Crippen molar-refractivity contribution in [1.82, 2.24) is 10.2 Å². The van der Waals surface area contributed by atoms with E-state index in [1.807, 2.05) is 0 Å². The average molecular weight is 306 g/mol. The van der Waals surface area contributed by atoms with Gasteiger partial charge in [0.15, 0.2) is 0 Å². The molecule has 0 amide bonds. The third-order valence-corrected chi connectivity index (χ3v) is 5.13. The number of likely N-dealkylation sites (tertiary alicyclic amines) is 1. The molecule has 2 rings (SSSR count). The number of nitrogens with zero attached hydrogens (tertiary/aromatic N) is 1. The monoisotopic (exact) mass is 306 g/mol. The van der Waals surface area contributed by atoms with Gasteiger partial charge in [-0.3, -0.25) is 4.90 Å². The van der Waals surface area contributed by atoms with Crippen molar-refractivity contribution in [2.24, 2.45) is 17.8 Å². The van der Waals surface area contributed by atoms with Gasteiger partial charge in [0.25, 0.3) is 0 Å². The van der Waals surface area contributed by atoms with Crippen molar-refractivity contribution < 1.29 is 13.2 Å². The molecule has 0 spiro atoms. The molecule has 0 bridgehead atoms. The van der Waals surface area contributed by atoms with E-state index in [1.165, 1.54) is 25.7 Å². The van der Waals surface area contributed by atoms with Gasteiger partial charge in [0.05, 0.1) is 6.54 Å². The molecule has 21 heavy (non-hydrogen) atoms. The van der Waals surface area contributed by atoms with Gasteiger partial charge in [0.2, 0.25) is 0 Å². The van der Waals surface area contributed by atoms with Crippen LogP contribution in [0.3, 0.4) is 0 Å². The Bertz CT molecular complexity index is 317. The van der Waals surface area contributed by atoms with Crippen LogP contribution in [0.4, 0.5) is 13.2 Å². The van der Waals surface area contributed by atoms with E-state index in [1.54, 1.807) is 4.90 Å². The summed E-state index contributed by atoms with van der Waals surface area (Å²) in [7, 11) is 0. The van der Waals surface area contributed by atoms with Crippen molar-refractivity contribution >= 4 is 0 Å². The Morgan fingerprint density at radius 1 is 1.19 bits per heavy atom. The summed E-state index contributed by atoms with van der Waals surface area (Å²) in [4.78, 5) is 1.55. The van der Waals surface area contributed by atoms with Gasteiger partial charge in [0.1, 0.15) is 0 Å². The summed E-state index contributed by atoms with van der Waals surface area (Å²) in [5.41, 5.74) is 0. The molecule has 1 heterocycles. The van der Waals surface area contributed by atoms with E-state index >= 15 is 0 Å². The van der Waals surface area contributed by atoms with Crippen molar-refractivity contribution in [3.63, 3.8) is 0 Å². The van der Waals surface area contributed by atoms with Crippen molar-refractivity contribution in [2.45, 2.75) is 58.2 Å². The largest absolute Gasteiger partial charge is 0.401 e. The highest BCUT2D eigenvalue weighted by Crippen LogP contribution is 2.30. The lowest BCUT2D eigenvalue weighted by atomic mass is 9.79. The van der Waals surface area contributed by atoms with E-state index in [4.69, 9.17) is 0 Å². The highest BCUT2D eigenvalue weighted by molar-refractivity contribution is 4.83. The van der Waals surface area contributed by atoms with Crippen LogP contribution in [0.1, 0.15) is 46.0 Å². The smallest absolute Gasteiger partial charge is 0.314 e. The Morgan fingerprint density at radius 2 is 1.95 bits per heavy atom. The molecule has 1 aliphatic carbocycles.